The highest BCUT2D eigenvalue weighted by Gasteiger charge is 2.14. The Morgan fingerprint density at radius 1 is 1.00 bits per heavy atom. The van der Waals surface area contributed by atoms with Crippen LogP contribution in [0.3, 0.4) is 0 Å². The molecule has 2 heterocycles. The Labute approximate surface area is 119 Å². The van der Waals surface area contributed by atoms with Crippen LogP contribution in [-0.4, -0.2) is 11.8 Å². The summed E-state index contributed by atoms with van der Waals surface area (Å²) in [7, 11) is 0. The topological polar surface area (TPSA) is 60.6 Å². The number of para-hydroxylation sites is 1. The van der Waals surface area contributed by atoms with Crippen molar-refractivity contribution in [3.05, 3.63) is 58.9 Å². The second-order valence-corrected chi connectivity index (χ2v) is 4.66. The van der Waals surface area contributed by atoms with Crippen LogP contribution in [0, 0.1) is 0 Å². The summed E-state index contributed by atoms with van der Waals surface area (Å²) in [6.45, 7) is 0.215. The molecule has 1 aliphatic rings. The van der Waals surface area contributed by atoms with Gasteiger partial charge in [-0.25, -0.2) is 0 Å². The normalized spacial score (nSPS) is 12.6. The van der Waals surface area contributed by atoms with Crippen LogP contribution in [0.15, 0.2) is 53.3 Å². The van der Waals surface area contributed by atoms with E-state index in [2.05, 4.69) is 4.98 Å². The molecular formula is C16H11NO4. The van der Waals surface area contributed by atoms with E-state index in [9.17, 15) is 4.79 Å². The van der Waals surface area contributed by atoms with Crippen molar-refractivity contribution in [3.63, 3.8) is 0 Å². The lowest BCUT2D eigenvalue weighted by Gasteiger charge is -2.09. The molecule has 0 amide bonds. The third kappa shape index (κ3) is 2.08. The number of H-pyrrole nitrogens is 1. The maximum absolute atomic E-state index is 11.7. The Kier molecular flexibility index (Phi) is 2.57. The molecule has 104 valence electrons. The van der Waals surface area contributed by atoms with Crippen LogP contribution >= 0.6 is 0 Å². The lowest BCUT2D eigenvalue weighted by molar-refractivity contribution is 0.174. The van der Waals surface area contributed by atoms with Gasteiger partial charge in [-0.3, -0.25) is 4.79 Å². The lowest BCUT2D eigenvalue weighted by atomic mass is 10.2. The number of aromatic amines is 1. The van der Waals surface area contributed by atoms with Gasteiger partial charge in [0.05, 0.1) is 5.52 Å². The smallest absolute Gasteiger partial charge is 0.252 e. The third-order valence-corrected chi connectivity index (χ3v) is 3.28. The standard InChI is InChI=1S/C16H11NO4/c18-16-8-14(11-3-1-2-4-12(11)17-16)21-10-5-6-13-15(7-10)20-9-19-13/h1-8H,9H2,(H,17,18). The van der Waals surface area contributed by atoms with Crippen molar-refractivity contribution in [2.75, 3.05) is 6.79 Å². The SMILES string of the molecule is O=c1cc(Oc2ccc3c(c2)OCO3)c2ccccc2[nH]1. The molecule has 0 fully saturated rings. The van der Waals surface area contributed by atoms with E-state index < -0.39 is 0 Å². The Morgan fingerprint density at radius 2 is 1.86 bits per heavy atom. The van der Waals surface area contributed by atoms with Gasteiger partial charge < -0.3 is 19.2 Å². The molecule has 0 spiro atoms. The van der Waals surface area contributed by atoms with E-state index in [4.69, 9.17) is 14.2 Å². The monoisotopic (exact) mass is 281 g/mol. The van der Waals surface area contributed by atoms with E-state index in [1.807, 2.05) is 24.3 Å². The van der Waals surface area contributed by atoms with E-state index in [-0.39, 0.29) is 12.4 Å². The Bertz CT molecular complexity index is 885. The lowest BCUT2D eigenvalue weighted by Crippen LogP contribution is -2.04. The second-order valence-electron chi connectivity index (χ2n) is 4.66. The first-order valence-corrected chi connectivity index (χ1v) is 6.49. The van der Waals surface area contributed by atoms with Crippen molar-refractivity contribution in [2.45, 2.75) is 0 Å². The van der Waals surface area contributed by atoms with Crippen molar-refractivity contribution >= 4 is 10.9 Å². The number of fused-ring (bicyclic) bond motifs is 2. The number of rotatable bonds is 2. The second kappa shape index (κ2) is 4.56. The maximum atomic E-state index is 11.7. The van der Waals surface area contributed by atoms with E-state index in [1.165, 1.54) is 6.07 Å². The van der Waals surface area contributed by atoms with Crippen LogP contribution in [0.5, 0.6) is 23.0 Å². The van der Waals surface area contributed by atoms with Gasteiger partial charge in [-0.05, 0) is 24.3 Å². The van der Waals surface area contributed by atoms with E-state index >= 15 is 0 Å². The summed E-state index contributed by atoms with van der Waals surface area (Å²) in [6, 6.07) is 14.2. The van der Waals surface area contributed by atoms with Crippen molar-refractivity contribution in [2.24, 2.45) is 0 Å². The molecular weight excluding hydrogens is 270 g/mol. The molecule has 5 heteroatoms. The third-order valence-electron chi connectivity index (χ3n) is 3.28. The van der Waals surface area contributed by atoms with Gasteiger partial charge in [0.1, 0.15) is 11.5 Å². The van der Waals surface area contributed by atoms with Crippen LogP contribution in [0.2, 0.25) is 0 Å². The molecule has 21 heavy (non-hydrogen) atoms. The van der Waals surface area contributed by atoms with Gasteiger partial charge in [-0.2, -0.15) is 0 Å². The number of benzene rings is 2. The number of ether oxygens (including phenoxy) is 3. The summed E-state index contributed by atoms with van der Waals surface area (Å²) in [5.41, 5.74) is 0.533. The largest absolute Gasteiger partial charge is 0.456 e. The van der Waals surface area contributed by atoms with Gasteiger partial charge in [0.2, 0.25) is 6.79 Å². The van der Waals surface area contributed by atoms with Crippen LogP contribution in [0.25, 0.3) is 10.9 Å². The summed E-state index contributed by atoms with van der Waals surface area (Å²) >= 11 is 0. The van der Waals surface area contributed by atoms with E-state index in [1.54, 1.807) is 18.2 Å². The fourth-order valence-corrected chi connectivity index (χ4v) is 2.32. The van der Waals surface area contributed by atoms with Crippen LogP contribution in [0.1, 0.15) is 0 Å². The molecule has 1 aliphatic heterocycles. The predicted molar refractivity (Wildman–Crippen MR) is 77.2 cm³/mol. The minimum atomic E-state index is -0.204. The number of aromatic nitrogens is 1. The highest BCUT2D eigenvalue weighted by atomic mass is 16.7. The van der Waals surface area contributed by atoms with Gasteiger partial charge in [-0.15, -0.1) is 0 Å². The zero-order chi connectivity index (χ0) is 14.2. The Balaban J connectivity index is 1.79. The molecule has 0 saturated heterocycles. The zero-order valence-corrected chi connectivity index (χ0v) is 11.0. The quantitative estimate of drug-likeness (QED) is 0.784. The van der Waals surface area contributed by atoms with Crippen molar-refractivity contribution in [1.29, 1.82) is 0 Å². The zero-order valence-electron chi connectivity index (χ0n) is 11.0. The molecule has 0 bridgehead atoms. The average molecular weight is 281 g/mol. The van der Waals surface area contributed by atoms with Gasteiger partial charge in [0.15, 0.2) is 11.5 Å². The van der Waals surface area contributed by atoms with Crippen LogP contribution in [0.4, 0.5) is 0 Å². The Morgan fingerprint density at radius 3 is 2.81 bits per heavy atom. The molecule has 0 unspecified atom stereocenters. The fraction of sp³-hybridized carbons (Fsp3) is 0.0625. The van der Waals surface area contributed by atoms with E-state index in [0.29, 0.717) is 23.0 Å². The van der Waals surface area contributed by atoms with Crippen molar-refractivity contribution in [1.82, 2.24) is 4.98 Å². The van der Waals surface area contributed by atoms with Gasteiger partial charge >= 0.3 is 0 Å². The molecule has 1 aromatic heterocycles. The molecule has 0 radical (unpaired) electrons. The predicted octanol–water partition coefficient (Wildman–Crippen LogP) is 3.05. The minimum Gasteiger partial charge on any atom is -0.456 e. The first-order valence-electron chi connectivity index (χ1n) is 6.49. The first-order chi connectivity index (χ1) is 10.3. The molecule has 4 rings (SSSR count). The summed E-state index contributed by atoms with van der Waals surface area (Å²) in [5, 5.41) is 0.842. The molecule has 0 aliphatic carbocycles. The molecule has 5 nitrogen and oxygen atoms in total. The van der Waals surface area contributed by atoms with Gasteiger partial charge in [0, 0.05) is 17.5 Å². The van der Waals surface area contributed by atoms with Crippen molar-refractivity contribution in [3.8, 4) is 23.0 Å². The number of nitrogens with one attached hydrogen (secondary N) is 1. The van der Waals surface area contributed by atoms with Crippen LogP contribution < -0.4 is 19.8 Å². The number of hydrogen-bond acceptors (Lipinski definition) is 4. The number of pyridine rings is 1. The molecule has 0 saturated carbocycles. The Hall–Kier alpha value is -2.95. The molecule has 3 aromatic rings. The maximum Gasteiger partial charge on any atom is 0.252 e. The van der Waals surface area contributed by atoms with Crippen molar-refractivity contribution < 1.29 is 14.2 Å². The molecule has 1 N–H and O–H groups in total. The summed E-state index contributed by atoms with van der Waals surface area (Å²) in [4.78, 5) is 14.5. The first kappa shape index (κ1) is 11.8. The summed E-state index contributed by atoms with van der Waals surface area (Å²) < 4.78 is 16.4. The minimum absolute atomic E-state index is 0.204. The average Bonchev–Trinajstić information content (AvgIpc) is 2.94. The van der Waals surface area contributed by atoms with Gasteiger partial charge in [0.25, 0.3) is 5.56 Å². The molecule has 0 atom stereocenters. The fourth-order valence-electron chi connectivity index (χ4n) is 2.32. The van der Waals surface area contributed by atoms with Gasteiger partial charge in [-0.1, -0.05) is 12.1 Å². The summed E-state index contributed by atoms with van der Waals surface area (Å²) in [5.74, 6) is 2.43. The number of hydrogen-bond donors (Lipinski definition) is 1. The van der Waals surface area contributed by atoms with E-state index in [0.717, 1.165) is 10.9 Å². The summed E-state index contributed by atoms with van der Waals surface area (Å²) in [6.07, 6.45) is 0. The highest BCUT2D eigenvalue weighted by Crippen LogP contribution is 2.37. The van der Waals surface area contributed by atoms with Crippen LogP contribution in [-0.2, 0) is 0 Å². The highest BCUT2D eigenvalue weighted by molar-refractivity contribution is 5.84. The molecule has 2 aromatic carbocycles.